The zero-order chi connectivity index (χ0) is 20.0. The molecule has 4 aromatic rings. The van der Waals surface area contributed by atoms with Gasteiger partial charge >= 0.3 is 5.69 Å². The molecule has 1 saturated heterocycles. The van der Waals surface area contributed by atoms with Crippen LogP contribution in [0.4, 0.5) is 10.2 Å². The van der Waals surface area contributed by atoms with Gasteiger partial charge in [-0.15, -0.1) is 0 Å². The number of halogens is 1. The molecule has 1 aromatic carbocycles. The average molecular weight is 392 g/mol. The fraction of sp³-hybridized carbons (Fsp3) is 0.333. The molecule has 8 heteroatoms. The maximum Gasteiger partial charge on any atom is 0.330 e. The van der Waals surface area contributed by atoms with Gasteiger partial charge in [-0.05, 0) is 43.0 Å². The van der Waals surface area contributed by atoms with Crippen LogP contribution in [0.3, 0.4) is 0 Å². The lowest BCUT2D eigenvalue weighted by atomic mass is 9.96. The van der Waals surface area contributed by atoms with Crippen LogP contribution in [-0.4, -0.2) is 37.2 Å². The third-order valence-electron chi connectivity index (χ3n) is 5.83. The summed E-state index contributed by atoms with van der Waals surface area (Å²) in [6.07, 6.45) is 5.11. The van der Waals surface area contributed by atoms with Crippen molar-refractivity contribution in [2.75, 3.05) is 18.0 Å². The van der Waals surface area contributed by atoms with Crippen molar-refractivity contribution in [3.63, 3.8) is 0 Å². The number of anilines is 1. The van der Waals surface area contributed by atoms with E-state index in [1.807, 2.05) is 12.1 Å². The topological polar surface area (TPSA) is 68.8 Å². The number of pyridine rings is 1. The Kier molecular flexibility index (Phi) is 4.26. The highest BCUT2D eigenvalue weighted by molar-refractivity contribution is 5.89. The van der Waals surface area contributed by atoms with Gasteiger partial charge in [-0.2, -0.15) is 0 Å². The Morgan fingerprint density at radius 1 is 1.14 bits per heavy atom. The summed E-state index contributed by atoms with van der Waals surface area (Å²) in [5.41, 5.74) is 2.19. The number of fused-ring (bicyclic) bond motifs is 2. The molecule has 148 valence electrons. The van der Waals surface area contributed by atoms with Crippen molar-refractivity contribution in [1.29, 1.82) is 0 Å². The third kappa shape index (κ3) is 3.04. The highest BCUT2D eigenvalue weighted by Gasteiger charge is 2.24. The van der Waals surface area contributed by atoms with Crippen LogP contribution in [0.25, 0.3) is 22.1 Å². The van der Waals surface area contributed by atoms with E-state index in [0.717, 1.165) is 48.3 Å². The number of piperidine rings is 1. The van der Waals surface area contributed by atoms with Gasteiger partial charge in [-0.25, -0.2) is 24.1 Å². The first-order valence-corrected chi connectivity index (χ1v) is 9.77. The van der Waals surface area contributed by atoms with Gasteiger partial charge in [-0.3, -0.25) is 9.13 Å². The molecule has 0 amide bonds. The summed E-state index contributed by atoms with van der Waals surface area (Å²) in [7, 11) is 1.79. The molecule has 0 unspecified atom stereocenters. The molecule has 1 aliphatic heterocycles. The van der Waals surface area contributed by atoms with Crippen molar-refractivity contribution >= 4 is 27.9 Å². The number of nitrogens with zero attached hydrogens (tertiary/aromatic N) is 6. The standard InChI is InChI=1S/C21H21FN6O/c1-26-18-3-2-8-23-20(18)28(21(26)29)12-14-6-9-27(10-7-14)19-16-5-4-15(22)11-17(16)24-13-25-19/h2-5,8,11,13-14H,6-7,9-10,12H2,1H3. The first-order chi connectivity index (χ1) is 14.1. The Morgan fingerprint density at radius 3 is 2.79 bits per heavy atom. The smallest absolute Gasteiger partial charge is 0.330 e. The predicted octanol–water partition coefficient (Wildman–Crippen LogP) is 2.73. The van der Waals surface area contributed by atoms with Crippen LogP contribution >= 0.6 is 0 Å². The maximum atomic E-state index is 13.5. The minimum absolute atomic E-state index is 0.0232. The van der Waals surface area contributed by atoms with Crippen LogP contribution in [-0.2, 0) is 13.6 Å². The molecule has 3 aromatic heterocycles. The van der Waals surface area contributed by atoms with E-state index in [0.29, 0.717) is 18.0 Å². The number of rotatable bonds is 3. The van der Waals surface area contributed by atoms with E-state index in [-0.39, 0.29) is 11.5 Å². The van der Waals surface area contributed by atoms with Crippen molar-refractivity contribution < 1.29 is 4.39 Å². The Morgan fingerprint density at radius 2 is 1.97 bits per heavy atom. The van der Waals surface area contributed by atoms with Gasteiger partial charge in [0.05, 0.1) is 11.0 Å². The Bertz CT molecular complexity index is 1260. The lowest BCUT2D eigenvalue weighted by Gasteiger charge is -2.33. The molecule has 4 heterocycles. The van der Waals surface area contributed by atoms with Gasteiger partial charge in [-0.1, -0.05) is 0 Å². The second kappa shape index (κ2) is 6.95. The lowest BCUT2D eigenvalue weighted by molar-refractivity contribution is 0.354. The molecule has 0 saturated carbocycles. The molecule has 1 fully saturated rings. The van der Waals surface area contributed by atoms with E-state index in [9.17, 15) is 9.18 Å². The maximum absolute atomic E-state index is 13.5. The van der Waals surface area contributed by atoms with Gasteiger partial charge in [0.2, 0.25) is 0 Å². The fourth-order valence-corrected chi connectivity index (χ4v) is 4.25. The molecule has 0 radical (unpaired) electrons. The zero-order valence-corrected chi connectivity index (χ0v) is 16.1. The summed E-state index contributed by atoms with van der Waals surface area (Å²) < 4.78 is 17.0. The Hall–Kier alpha value is -3.29. The predicted molar refractivity (Wildman–Crippen MR) is 109 cm³/mol. The summed E-state index contributed by atoms with van der Waals surface area (Å²) in [5.74, 6) is 0.939. The third-order valence-corrected chi connectivity index (χ3v) is 5.83. The molecular weight excluding hydrogens is 371 g/mol. The van der Waals surface area contributed by atoms with Crippen LogP contribution in [0.5, 0.6) is 0 Å². The van der Waals surface area contributed by atoms with Gasteiger partial charge in [0.15, 0.2) is 5.65 Å². The van der Waals surface area contributed by atoms with E-state index >= 15 is 0 Å². The van der Waals surface area contributed by atoms with Crippen molar-refractivity contribution in [1.82, 2.24) is 24.1 Å². The summed E-state index contributed by atoms with van der Waals surface area (Å²) in [6.45, 7) is 2.33. The first-order valence-electron chi connectivity index (χ1n) is 9.77. The average Bonchev–Trinajstić information content (AvgIpc) is 2.99. The van der Waals surface area contributed by atoms with E-state index < -0.39 is 0 Å². The molecule has 0 bridgehead atoms. The minimum Gasteiger partial charge on any atom is -0.356 e. The highest BCUT2D eigenvalue weighted by Crippen LogP contribution is 2.28. The minimum atomic E-state index is -0.296. The van der Waals surface area contributed by atoms with Crippen LogP contribution < -0.4 is 10.6 Å². The van der Waals surface area contributed by atoms with E-state index in [1.165, 1.54) is 18.5 Å². The van der Waals surface area contributed by atoms with Crippen molar-refractivity contribution in [2.45, 2.75) is 19.4 Å². The van der Waals surface area contributed by atoms with Crippen LogP contribution in [0, 0.1) is 11.7 Å². The van der Waals surface area contributed by atoms with Crippen molar-refractivity contribution in [2.24, 2.45) is 13.0 Å². The molecule has 7 nitrogen and oxygen atoms in total. The van der Waals surface area contributed by atoms with E-state index in [4.69, 9.17) is 0 Å². The molecule has 1 aliphatic rings. The Balaban J connectivity index is 1.36. The number of aryl methyl sites for hydroxylation is 1. The SMILES string of the molecule is Cn1c(=O)n(CC2CCN(c3ncnc4cc(F)ccc34)CC2)c2ncccc21. The lowest BCUT2D eigenvalue weighted by Crippen LogP contribution is -2.37. The number of hydrogen-bond acceptors (Lipinski definition) is 5. The summed E-state index contributed by atoms with van der Waals surface area (Å²) in [4.78, 5) is 27.9. The highest BCUT2D eigenvalue weighted by atomic mass is 19.1. The van der Waals surface area contributed by atoms with E-state index in [2.05, 4.69) is 19.9 Å². The molecule has 5 rings (SSSR count). The van der Waals surface area contributed by atoms with Gasteiger partial charge in [0, 0.05) is 44.3 Å². The number of hydrogen-bond donors (Lipinski definition) is 0. The normalized spacial score (nSPS) is 15.4. The molecular formula is C21H21FN6O. The summed E-state index contributed by atoms with van der Waals surface area (Å²) in [5, 5.41) is 0.863. The monoisotopic (exact) mass is 392 g/mol. The first kappa shape index (κ1) is 17.8. The fourth-order valence-electron chi connectivity index (χ4n) is 4.25. The quantitative estimate of drug-likeness (QED) is 0.536. The van der Waals surface area contributed by atoms with Crippen LogP contribution in [0.2, 0.25) is 0 Å². The zero-order valence-electron chi connectivity index (χ0n) is 16.1. The van der Waals surface area contributed by atoms with Gasteiger partial charge in [0.25, 0.3) is 0 Å². The molecule has 0 aliphatic carbocycles. The number of imidazole rings is 1. The van der Waals surface area contributed by atoms with Crippen molar-refractivity contribution in [3.05, 3.63) is 59.2 Å². The molecule has 0 atom stereocenters. The largest absolute Gasteiger partial charge is 0.356 e. The number of benzene rings is 1. The number of aromatic nitrogens is 5. The van der Waals surface area contributed by atoms with Crippen LogP contribution in [0.1, 0.15) is 12.8 Å². The van der Waals surface area contributed by atoms with Gasteiger partial charge < -0.3 is 4.90 Å². The molecule has 29 heavy (non-hydrogen) atoms. The second-order valence-electron chi connectivity index (χ2n) is 7.59. The van der Waals surface area contributed by atoms with Crippen molar-refractivity contribution in [3.8, 4) is 0 Å². The summed E-state index contributed by atoms with van der Waals surface area (Å²) >= 11 is 0. The van der Waals surface area contributed by atoms with Gasteiger partial charge in [0.1, 0.15) is 18.0 Å². The molecule has 0 N–H and O–H groups in total. The van der Waals surface area contributed by atoms with E-state index in [1.54, 1.807) is 28.4 Å². The molecule has 0 spiro atoms. The summed E-state index contributed by atoms with van der Waals surface area (Å²) in [6, 6.07) is 8.40. The van der Waals surface area contributed by atoms with Crippen LogP contribution in [0.15, 0.2) is 47.7 Å². The second-order valence-corrected chi connectivity index (χ2v) is 7.59. The Labute approximate surface area is 166 Å².